The molecule has 5 nitrogen and oxygen atoms in total. The van der Waals surface area contributed by atoms with Gasteiger partial charge in [0.15, 0.2) is 0 Å². The summed E-state index contributed by atoms with van der Waals surface area (Å²) in [6, 6.07) is 4.71. The van der Waals surface area contributed by atoms with Crippen LogP contribution >= 0.6 is 11.8 Å². The Labute approximate surface area is 128 Å². The Morgan fingerprint density at radius 3 is 2.82 bits per heavy atom. The van der Waals surface area contributed by atoms with E-state index in [1.807, 2.05) is 0 Å². The first-order chi connectivity index (χ1) is 10.4. The van der Waals surface area contributed by atoms with Crippen LogP contribution in [0.3, 0.4) is 0 Å². The smallest absolute Gasteiger partial charge is 0.370 e. The summed E-state index contributed by atoms with van der Waals surface area (Å²) in [7, 11) is 0. The van der Waals surface area contributed by atoms with Crippen LogP contribution in [-0.4, -0.2) is 21.8 Å². The monoisotopic (exact) mass is 331 g/mol. The molecule has 0 aliphatic carbocycles. The fourth-order valence-electron chi connectivity index (χ4n) is 1.60. The lowest BCUT2D eigenvalue weighted by Gasteiger charge is -2.06. The maximum Gasteiger partial charge on any atom is 0.416 e. The van der Waals surface area contributed by atoms with E-state index in [0.29, 0.717) is 11.5 Å². The van der Waals surface area contributed by atoms with Crippen molar-refractivity contribution in [3.8, 4) is 11.4 Å². The highest BCUT2D eigenvalue weighted by Gasteiger charge is 2.30. The molecule has 1 aromatic heterocycles. The number of nitrogens with two attached hydrogens (primary N) is 1. The molecule has 0 bridgehead atoms. The molecule has 2 rings (SSSR count). The van der Waals surface area contributed by atoms with Gasteiger partial charge in [-0.05, 0) is 12.1 Å². The lowest BCUT2D eigenvalue weighted by molar-refractivity contribution is -0.137. The lowest BCUT2D eigenvalue weighted by Crippen LogP contribution is -2.10. The Kier molecular flexibility index (Phi) is 5.07. The number of benzene rings is 1. The van der Waals surface area contributed by atoms with Crippen LogP contribution in [0.5, 0.6) is 0 Å². The molecule has 0 saturated carbocycles. The number of hydrogen-bond acceptors (Lipinski definition) is 5. The van der Waals surface area contributed by atoms with Crippen molar-refractivity contribution >= 4 is 17.7 Å². The third-order valence-corrected chi connectivity index (χ3v) is 3.58. The van der Waals surface area contributed by atoms with Crippen molar-refractivity contribution in [2.24, 2.45) is 5.73 Å². The fourth-order valence-corrected chi connectivity index (χ4v) is 2.38. The number of primary amides is 1. The van der Waals surface area contributed by atoms with Crippen molar-refractivity contribution in [1.82, 2.24) is 10.1 Å². The van der Waals surface area contributed by atoms with Gasteiger partial charge < -0.3 is 10.3 Å². The number of aromatic nitrogens is 2. The standard InChI is InChI=1S/C13H12F3N3O2S/c14-13(15,16)9-3-1-2-8(6-9)12-18-11(21-19-12)7-22-5-4-10(17)20/h1-3,6H,4-5,7H2,(H2,17,20). The van der Waals surface area contributed by atoms with E-state index in [1.54, 1.807) is 0 Å². The van der Waals surface area contributed by atoms with Gasteiger partial charge in [0.25, 0.3) is 0 Å². The SMILES string of the molecule is NC(=O)CCSCc1nc(-c2cccc(C(F)(F)F)c2)no1. The quantitative estimate of drug-likeness (QED) is 0.823. The van der Waals surface area contributed by atoms with Crippen molar-refractivity contribution in [3.05, 3.63) is 35.7 Å². The summed E-state index contributed by atoms with van der Waals surface area (Å²) >= 11 is 1.37. The summed E-state index contributed by atoms with van der Waals surface area (Å²) in [5.41, 5.74) is 4.46. The first-order valence-electron chi connectivity index (χ1n) is 6.22. The van der Waals surface area contributed by atoms with Crippen LogP contribution in [-0.2, 0) is 16.7 Å². The molecule has 22 heavy (non-hydrogen) atoms. The molecular formula is C13H12F3N3O2S. The number of nitrogens with zero attached hydrogens (tertiary/aromatic N) is 2. The first kappa shape index (κ1) is 16.3. The second-order valence-corrected chi connectivity index (χ2v) is 5.46. The van der Waals surface area contributed by atoms with E-state index in [-0.39, 0.29) is 23.7 Å². The number of alkyl halides is 3. The molecule has 2 aromatic rings. The predicted octanol–water partition coefficient (Wildman–Crippen LogP) is 2.86. The maximum atomic E-state index is 12.7. The van der Waals surface area contributed by atoms with Crippen LogP contribution in [0.15, 0.2) is 28.8 Å². The van der Waals surface area contributed by atoms with Crippen LogP contribution in [0.1, 0.15) is 17.9 Å². The van der Waals surface area contributed by atoms with E-state index >= 15 is 0 Å². The Morgan fingerprint density at radius 1 is 1.36 bits per heavy atom. The zero-order valence-corrected chi connectivity index (χ0v) is 12.1. The highest BCUT2D eigenvalue weighted by molar-refractivity contribution is 7.98. The Balaban J connectivity index is 2.03. The van der Waals surface area contributed by atoms with Crippen molar-refractivity contribution < 1.29 is 22.5 Å². The second kappa shape index (κ2) is 6.82. The Morgan fingerprint density at radius 2 is 2.14 bits per heavy atom. The van der Waals surface area contributed by atoms with Crippen LogP contribution in [0.4, 0.5) is 13.2 Å². The van der Waals surface area contributed by atoms with Gasteiger partial charge in [0.05, 0.1) is 11.3 Å². The van der Waals surface area contributed by atoms with E-state index in [9.17, 15) is 18.0 Å². The van der Waals surface area contributed by atoms with E-state index in [4.69, 9.17) is 10.3 Å². The molecule has 1 amide bonds. The molecule has 1 aromatic carbocycles. The summed E-state index contributed by atoms with van der Waals surface area (Å²) < 4.78 is 42.9. The molecule has 0 radical (unpaired) electrons. The molecular weight excluding hydrogens is 319 g/mol. The minimum atomic E-state index is -4.42. The number of halogens is 3. The normalized spacial score (nSPS) is 11.6. The topological polar surface area (TPSA) is 82.0 Å². The third kappa shape index (κ3) is 4.48. The maximum absolute atomic E-state index is 12.7. The van der Waals surface area contributed by atoms with Gasteiger partial charge in [0.1, 0.15) is 0 Å². The molecule has 9 heteroatoms. The number of rotatable bonds is 6. The number of thioether (sulfide) groups is 1. The van der Waals surface area contributed by atoms with Gasteiger partial charge in [-0.15, -0.1) is 0 Å². The predicted molar refractivity (Wildman–Crippen MR) is 74.7 cm³/mol. The van der Waals surface area contributed by atoms with Gasteiger partial charge in [0, 0.05) is 17.7 Å². The van der Waals surface area contributed by atoms with E-state index in [0.717, 1.165) is 12.1 Å². The van der Waals surface area contributed by atoms with E-state index < -0.39 is 17.6 Å². The average Bonchev–Trinajstić information content (AvgIpc) is 2.91. The molecule has 0 saturated heterocycles. The van der Waals surface area contributed by atoms with Gasteiger partial charge >= 0.3 is 6.18 Å². The Hall–Kier alpha value is -2.03. The van der Waals surface area contributed by atoms with Crippen molar-refractivity contribution in [2.75, 3.05) is 5.75 Å². The van der Waals surface area contributed by atoms with E-state index in [2.05, 4.69) is 10.1 Å². The van der Waals surface area contributed by atoms with Gasteiger partial charge in [-0.3, -0.25) is 4.79 Å². The van der Waals surface area contributed by atoms with Crippen molar-refractivity contribution in [2.45, 2.75) is 18.3 Å². The molecule has 0 spiro atoms. The van der Waals surface area contributed by atoms with Crippen LogP contribution < -0.4 is 5.73 Å². The average molecular weight is 331 g/mol. The van der Waals surface area contributed by atoms with Crippen molar-refractivity contribution in [3.63, 3.8) is 0 Å². The molecule has 0 fully saturated rings. The van der Waals surface area contributed by atoms with E-state index in [1.165, 1.54) is 23.9 Å². The van der Waals surface area contributed by atoms with Crippen LogP contribution in [0, 0.1) is 0 Å². The number of hydrogen-bond donors (Lipinski definition) is 1. The lowest BCUT2D eigenvalue weighted by atomic mass is 10.1. The minimum Gasteiger partial charge on any atom is -0.370 e. The number of carbonyl (C=O) groups excluding carboxylic acids is 1. The summed E-state index contributed by atoms with van der Waals surface area (Å²) in [5, 5.41) is 3.67. The second-order valence-electron chi connectivity index (χ2n) is 4.36. The van der Waals surface area contributed by atoms with Crippen LogP contribution in [0.2, 0.25) is 0 Å². The molecule has 118 valence electrons. The zero-order chi connectivity index (χ0) is 16.2. The number of amides is 1. The molecule has 1 heterocycles. The highest BCUT2D eigenvalue weighted by atomic mass is 32.2. The number of carbonyl (C=O) groups is 1. The third-order valence-electron chi connectivity index (χ3n) is 2.63. The van der Waals surface area contributed by atoms with Gasteiger partial charge in [-0.25, -0.2) is 0 Å². The van der Waals surface area contributed by atoms with Gasteiger partial charge in [0.2, 0.25) is 17.6 Å². The minimum absolute atomic E-state index is 0.0941. The summed E-state index contributed by atoms with van der Waals surface area (Å²) in [5.74, 6) is 0.844. The molecule has 2 N–H and O–H groups in total. The Bertz CT molecular complexity index is 658. The first-order valence-corrected chi connectivity index (χ1v) is 7.38. The molecule has 0 aliphatic rings. The summed E-state index contributed by atoms with van der Waals surface area (Å²) in [6.45, 7) is 0. The fraction of sp³-hybridized carbons (Fsp3) is 0.308. The molecule has 0 atom stereocenters. The van der Waals surface area contributed by atoms with Gasteiger partial charge in [-0.1, -0.05) is 17.3 Å². The highest BCUT2D eigenvalue weighted by Crippen LogP contribution is 2.31. The zero-order valence-electron chi connectivity index (χ0n) is 11.3. The largest absolute Gasteiger partial charge is 0.416 e. The molecule has 0 unspecified atom stereocenters. The van der Waals surface area contributed by atoms with Crippen molar-refractivity contribution in [1.29, 1.82) is 0 Å². The molecule has 0 aliphatic heterocycles. The summed E-state index contributed by atoms with van der Waals surface area (Å²) in [6.07, 6.45) is -4.19. The van der Waals surface area contributed by atoms with Gasteiger partial charge in [-0.2, -0.15) is 29.9 Å². The summed E-state index contributed by atoms with van der Waals surface area (Å²) in [4.78, 5) is 14.6. The van der Waals surface area contributed by atoms with Crippen LogP contribution in [0.25, 0.3) is 11.4 Å².